The zero-order valence-corrected chi connectivity index (χ0v) is 23.0. The van der Waals surface area contributed by atoms with Crippen molar-refractivity contribution in [2.24, 2.45) is 11.7 Å². The lowest BCUT2D eigenvalue weighted by molar-refractivity contribution is -0.134. The summed E-state index contributed by atoms with van der Waals surface area (Å²) in [7, 11) is 0. The molecule has 1 unspecified atom stereocenters. The van der Waals surface area contributed by atoms with Gasteiger partial charge in [-0.1, -0.05) is 104 Å². The maximum atomic E-state index is 12.9. The Bertz CT molecular complexity index is 1210. The molecule has 5 nitrogen and oxygen atoms in total. The number of carbonyl (C=O) groups is 1. The highest BCUT2D eigenvalue weighted by Gasteiger charge is 2.38. The number of benzene rings is 3. The van der Waals surface area contributed by atoms with E-state index in [0.717, 1.165) is 50.4 Å². The van der Waals surface area contributed by atoms with Crippen molar-refractivity contribution in [2.45, 2.75) is 57.0 Å². The van der Waals surface area contributed by atoms with Gasteiger partial charge in [0.1, 0.15) is 5.54 Å². The largest absolute Gasteiger partial charge is 0.341 e. The fourth-order valence-corrected chi connectivity index (χ4v) is 6.08. The van der Waals surface area contributed by atoms with Gasteiger partial charge in [0.25, 0.3) is 0 Å². The number of piperidine rings is 1. The van der Waals surface area contributed by atoms with Gasteiger partial charge in [-0.2, -0.15) is 0 Å². The number of nitrogens with two attached hydrogens (primary N) is 1. The van der Waals surface area contributed by atoms with Crippen LogP contribution in [0.15, 0.2) is 104 Å². The topological polar surface area (TPSA) is 64.2 Å². The normalized spacial score (nSPS) is 15.3. The predicted octanol–water partition coefficient (Wildman–Crippen LogP) is 6.02. The van der Waals surface area contributed by atoms with Crippen molar-refractivity contribution < 1.29 is 4.79 Å². The molecule has 2 N–H and O–H groups in total. The SMILES string of the molecule is CCC1CCN(C(=O)C(N)CCCc2cn(C(c3ccccc3)(c3ccccc3)c3ccccc3)cn2)CC1. The molecule has 2 heterocycles. The quantitative estimate of drug-likeness (QED) is 0.260. The molecule has 1 aliphatic rings. The lowest BCUT2D eigenvalue weighted by atomic mass is 9.77. The van der Waals surface area contributed by atoms with Crippen LogP contribution >= 0.6 is 0 Å². The molecule has 1 aliphatic heterocycles. The lowest BCUT2D eigenvalue weighted by Gasteiger charge is -2.37. The van der Waals surface area contributed by atoms with E-state index in [1.165, 1.54) is 23.1 Å². The second-order valence-corrected chi connectivity index (χ2v) is 10.8. The highest BCUT2D eigenvalue weighted by molar-refractivity contribution is 5.81. The van der Waals surface area contributed by atoms with E-state index in [1.807, 2.05) is 11.2 Å². The number of nitrogens with zero attached hydrogens (tertiary/aromatic N) is 3. The van der Waals surface area contributed by atoms with Gasteiger partial charge < -0.3 is 15.2 Å². The van der Waals surface area contributed by atoms with E-state index in [9.17, 15) is 4.79 Å². The van der Waals surface area contributed by atoms with Gasteiger partial charge in [-0.15, -0.1) is 0 Å². The van der Waals surface area contributed by atoms with Gasteiger partial charge in [-0.05, 0) is 54.7 Å². The fourth-order valence-electron chi connectivity index (χ4n) is 6.08. The Morgan fingerprint density at radius 1 is 0.897 bits per heavy atom. The molecule has 202 valence electrons. The molecule has 3 aromatic carbocycles. The standard InChI is InChI=1S/C34H40N4O/c1-2-27-21-23-37(24-22-27)33(39)32(35)20-12-19-31-25-38(26-36-31)34(28-13-6-3-7-14-28,29-15-8-4-9-16-29)30-17-10-5-11-18-30/h3-11,13-18,25-27,32H,2,12,19-24,35H2,1H3. The van der Waals surface area contributed by atoms with Crippen LogP contribution in [0.25, 0.3) is 0 Å². The lowest BCUT2D eigenvalue weighted by Crippen LogP contribution is -2.47. The molecule has 39 heavy (non-hydrogen) atoms. The Hall–Kier alpha value is -3.70. The number of likely N-dealkylation sites (tertiary alicyclic amines) is 1. The van der Waals surface area contributed by atoms with Gasteiger partial charge in [0.05, 0.1) is 18.1 Å². The number of hydrogen-bond acceptors (Lipinski definition) is 3. The highest BCUT2D eigenvalue weighted by Crippen LogP contribution is 2.40. The maximum Gasteiger partial charge on any atom is 0.239 e. The average molecular weight is 521 g/mol. The van der Waals surface area contributed by atoms with Gasteiger partial charge in [0.15, 0.2) is 0 Å². The molecule has 0 saturated carbocycles. The summed E-state index contributed by atoms with van der Waals surface area (Å²) in [5, 5.41) is 0. The Morgan fingerprint density at radius 3 is 1.90 bits per heavy atom. The van der Waals surface area contributed by atoms with Crippen LogP contribution in [0.2, 0.25) is 0 Å². The number of imidazole rings is 1. The van der Waals surface area contributed by atoms with Crippen LogP contribution < -0.4 is 5.73 Å². The molecular weight excluding hydrogens is 480 g/mol. The Morgan fingerprint density at radius 2 is 1.41 bits per heavy atom. The number of hydrogen-bond donors (Lipinski definition) is 1. The highest BCUT2D eigenvalue weighted by atomic mass is 16.2. The van der Waals surface area contributed by atoms with E-state index in [1.54, 1.807) is 0 Å². The molecule has 0 bridgehead atoms. The van der Waals surface area contributed by atoms with Crippen molar-refractivity contribution in [1.82, 2.24) is 14.5 Å². The molecule has 1 aromatic heterocycles. The van der Waals surface area contributed by atoms with E-state index >= 15 is 0 Å². The molecule has 0 radical (unpaired) electrons. The Labute approximate surface area is 232 Å². The summed E-state index contributed by atoms with van der Waals surface area (Å²) in [5.41, 5.74) is 10.3. The number of amides is 1. The second-order valence-electron chi connectivity index (χ2n) is 10.8. The van der Waals surface area contributed by atoms with Crippen LogP contribution in [0, 0.1) is 5.92 Å². The van der Waals surface area contributed by atoms with E-state index in [0.29, 0.717) is 6.42 Å². The molecule has 0 aliphatic carbocycles. The van der Waals surface area contributed by atoms with Gasteiger partial charge in [0.2, 0.25) is 5.91 Å². The molecule has 0 spiro atoms. The smallest absolute Gasteiger partial charge is 0.239 e. The fraction of sp³-hybridized carbons (Fsp3) is 0.353. The minimum atomic E-state index is -0.563. The summed E-state index contributed by atoms with van der Waals surface area (Å²) in [6, 6.07) is 31.4. The zero-order valence-electron chi connectivity index (χ0n) is 23.0. The van der Waals surface area contributed by atoms with E-state index in [2.05, 4.69) is 109 Å². The summed E-state index contributed by atoms with van der Waals surface area (Å²) in [4.78, 5) is 19.7. The minimum absolute atomic E-state index is 0.103. The van der Waals surface area contributed by atoms with Crippen molar-refractivity contribution in [1.29, 1.82) is 0 Å². The summed E-state index contributed by atoms with van der Waals surface area (Å²) in [6.07, 6.45) is 9.77. The molecule has 1 atom stereocenters. The third kappa shape index (κ3) is 5.69. The van der Waals surface area contributed by atoms with Crippen molar-refractivity contribution in [2.75, 3.05) is 13.1 Å². The van der Waals surface area contributed by atoms with Crippen LogP contribution in [0.3, 0.4) is 0 Å². The number of rotatable bonds is 10. The van der Waals surface area contributed by atoms with E-state index in [-0.39, 0.29) is 5.91 Å². The van der Waals surface area contributed by atoms with Gasteiger partial charge in [-0.3, -0.25) is 4.79 Å². The average Bonchev–Trinajstić information content (AvgIpc) is 3.48. The Kier molecular flexibility index (Phi) is 8.58. The molecule has 5 rings (SSSR count). The second kappa shape index (κ2) is 12.4. The molecular formula is C34H40N4O. The monoisotopic (exact) mass is 520 g/mol. The third-order valence-electron chi connectivity index (χ3n) is 8.37. The number of aromatic nitrogens is 2. The molecule has 1 amide bonds. The van der Waals surface area contributed by atoms with Crippen LogP contribution in [-0.4, -0.2) is 39.5 Å². The van der Waals surface area contributed by atoms with Gasteiger partial charge >= 0.3 is 0 Å². The summed E-state index contributed by atoms with van der Waals surface area (Å²) >= 11 is 0. The summed E-state index contributed by atoms with van der Waals surface area (Å²) in [6.45, 7) is 3.92. The molecule has 4 aromatic rings. The van der Waals surface area contributed by atoms with Crippen LogP contribution in [-0.2, 0) is 16.8 Å². The minimum Gasteiger partial charge on any atom is -0.341 e. The molecule has 1 saturated heterocycles. The number of carbonyl (C=O) groups excluding carboxylic acids is 1. The first-order chi connectivity index (χ1) is 19.1. The van der Waals surface area contributed by atoms with Crippen molar-refractivity contribution in [3.63, 3.8) is 0 Å². The number of aryl methyl sites for hydroxylation is 1. The first-order valence-electron chi connectivity index (χ1n) is 14.4. The van der Waals surface area contributed by atoms with Gasteiger partial charge in [0, 0.05) is 19.3 Å². The van der Waals surface area contributed by atoms with Crippen LogP contribution in [0.1, 0.15) is 61.4 Å². The summed E-state index contributed by atoms with van der Waals surface area (Å²) < 4.78 is 2.24. The van der Waals surface area contributed by atoms with Gasteiger partial charge in [-0.25, -0.2) is 4.98 Å². The first-order valence-corrected chi connectivity index (χ1v) is 14.4. The van der Waals surface area contributed by atoms with Crippen LogP contribution in [0.4, 0.5) is 0 Å². The van der Waals surface area contributed by atoms with Crippen molar-refractivity contribution in [3.8, 4) is 0 Å². The third-order valence-corrected chi connectivity index (χ3v) is 8.37. The van der Waals surface area contributed by atoms with Crippen molar-refractivity contribution >= 4 is 5.91 Å². The first kappa shape index (κ1) is 26.9. The van der Waals surface area contributed by atoms with E-state index < -0.39 is 11.6 Å². The summed E-state index contributed by atoms with van der Waals surface area (Å²) in [5.74, 6) is 0.849. The zero-order chi connectivity index (χ0) is 27.1. The molecule has 1 fully saturated rings. The Balaban J connectivity index is 1.36. The predicted molar refractivity (Wildman–Crippen MR) is 157 cm³/mol. The molecule has 5 heteroatoms. The van der Waals surface area contributed by atoms with E-state index in [4.69, 9.17) is 10.7 Å². The van der Waals surface area contributed by atoms with Crippen molar-refractivity contribution in [3.05, 3.63) is 126 Å². The maximum absolute atomic E-state index is 12.9. The van der Waals surface area contributed by atoms with Crippen LogP contribution in [0.5, 0.6) is 0 Å².